The minimum atomic E-state index is -0.778. The van der Waals surface area contributed by atoms with Gasteiger partial charge >= 0.3 is 5.97 Å². The van der Waals surface area contributed by atoms with Gasteiger partial charge in [0, 0.05) is 15.6 Å². The van der Waals surface area contributed by atoms with E-state index in [2.05, 4.69) is 42.5 Å². The van der Waals surface area contributed by atoms with E-state index >= 15 is 0 Å². The molecular formula is C30H22Cl2N2O2S2. The van der Waals surface area contributed by atoms with Crippen LogP contribution in [0.4, 0.5) is 5.69 Å². The van der Waals surface area contributed by atoms with Crippen LogP contribution in [-0.4, -0.2) is 17.6 Å². The number of carbonyl (C=O) groups is 1. The highest BCUT2D eigenvalue weighted by Crippen LogP contribution is 2.70. The minimum Gasteiger partial charge on any atom is -0.461 e. The van der Waals surface area contributed by atoms with E-state index in [1.54, 1.807) is 18.7 Å². The second kappa shape index (κ2) is 10.0. The van der Waals surface area contributed by atoms with Crippen molar-refractivity contribution >= 4 is 63.4 Å². The lowest BCUT2D eigenvalue weighted by Gasteiger charge is -2.37. The lowest BCUT2D eigenvalue weighted by atomic mass is 9.82. The monoisotopic (exact) mass is 576 g/mol. The molecule has 8 heteroatoms. The maximum Gasteiger partial charge on any atom is 0.365 e. The summed E-state index contributed by atoms with van der Waals surface area (Å²) in [7, 11) is 0. The summed E-state index contributed by atoms with van der Waals surface area (Å²) in [6, 6.07) is 34.3. The molecule has 38 heavy (non-hydrogen) atoms. The van der Waals surface area contributed by atoms with Crippen LogP contribution in [0, 0.1) is 0 Å². The van der Waals surface area contributed by atoms with Crippen LogP contribution in [0.3, 0.4) is 0 Å². The normalized spacial score (nSPS) is 19.3. The van der Waals surface area contributed by atoms with Gasteiger partial charge in [-0.25, -0.2) is 9.80 Å². The van der Waals surface area contributed by atoms with E-state index in [4.69, 9.17) is 33.0 Å². The van der Waals surface area contributed by atoms with Crippen LogP contribution in [0.25, 0.3) is 0 Å². The van der Waals surface area contributed by atoms with E-state index < -0.39 is 14.9 Å². The fraction of sp³-hybridized carbons (Fsp3) is 0.133. The van der Waals surface area contributed by atoms with Crippen LogP contribution in [0.15, 0.2) is 108 Å². The fourth-order valence-corrected chi connectivity index (χ4v) is 8.81. The van der Waals surface area contributed by atoms with Crippen molar-refractivity contribution in [1.82, 2.24) is 0 Å². The highest BCUT2D eigenvalue weighted by Gasteiger charge is 2.61. The van der Waals surface area contributed by atoms with Gasteiger partial charge < -0.3 is 4.74 Å². The Hall–Kier alpha value is -2.90. The molecule has 0 N–H and O–H groups in total. The molecule has 0 saturated heterocycles. The summed E-state index contributed by atoms with van der Waals surface area (Å²) in [6.07, 6.45) is 0. The lowest BCUT2D eigenvalue weighted by molar-refractivity contribution is -0.134. The van der Waals surface area contributed by atoms with Crippen molar-refractivity contribution in [3.63, 3.8) is 0 Å². The summed E-state index contributed by atoms with van der Waals surface area (Å²) >= 11 is 15.8. The van der Waals surface area contributed by atoms with Gasteiger partial charge in [0.2, 0.25) is 5.04 Å². The molecule has 0 fully saturated rings. The van der Waals surface area contributed by atoms with E-state index in [9.17, 15) is 4.79 Å². The fourth-order valence-electron chi connectivity index (χ4n) is 5.00. The summed E-state index contributed by atoms with van der Waals surface area (Å²) in [6.45, 7) is 2.08. The number of fused-ring (bicyclic) bond motifs is 2. The number of rotatable bonds is 5. The van der Waals surface area contributed by atoms with Crippen molar-refractivity contribution in [2.45, 2.75) is 15.9 Å². The van der Waals surface area contributed by atoms with Crippen molar-refractivity contribution in [2.24, 2.45) is 5.10 Å². The van der Waals surface area contributed by atoms with Crippen LogP contribution in [-0.2, 0) is 18.5 Å². The third-order valence-electron chi connectivity index (χ3n) is 6.60. The minimum absolute atomic E-state index is 0.278. The molecule has 4 aromatic rings. The number of ether oxygens (including phenoxy) is 1. The quantitative estimate of drug-likeness (QED) is 0.223. The maximum absolute atomic E-state index is 13.0. The van der Waals surface area contributed by atoms with Crippen molar-refractivity contribution in [3.05, 3.63) is 135 Å². The molecule has 4 nitrogen and oxygen atoms in total. The molecule has 2 aliphatic rings. The smallest absolute Gasteiger partial charge is 0.365 e. The molecule has 1 spiro atoms. The molecule has 2 heterocycles. The first-order chi connectivity index (χ1) is 18.5. The molecule has 4 aromatic carbocycles. The number of esters is 1. The zero-order valence-corrected chi connectivity index (χ0v) is 23.5. The zero-order valence-electron chi connectivity index (χ0n) is 20.3. The number of hydrogen-bond donors (Lipinski definition) is 0. The molecule has 0 aliphatic carbocycles. The predicted octanol–water partition coefficient (Wildman–Crippen LogP) is 8.27. The molecule has 0 amide bonds. The SMILES string of the molecule is CCOC(=O)C1=NN(c2ccccc2)[C@]2(S1)SC(c1ccc(Cl)cc1)(c1ccc(Cl)cc1)c1ccccc12. The Kier molecular flexibility index (Phi) is 6.68. The molecular weight excluding hydrogens is 555 g/mol. The van der Waals surface area contributed by atoms with Crippen molar-refractivity contribution < 1.29 is 9.53 Å². The number of halogens is 2. The van der Waals surface area contributed by atoms with Crippen LogP contribution in [0.1, 0.15) is 29.2 Å². The average Bonchev–Trinajstić information content (AvgIpc) is 3.47. The van der Waals surface area contributed by atoms with Gasteiger partial charge in [-0.15, -0.1) is 0 Å². The number of para-hydroxylation sites is 1. The van der Waals surface area contributed by atoms with Gasteiger partial charge in [0.1, 0.15) is 0 Å². The number of nitrogens with zero attached hydrogens (tertiary/aromatic N) is 2. The molecule has 0 radical (unpaired) electrons. The second-order valence-corrected chi connectivity index (χ2v) is 12.5. The molecule has 0 bridgehead atoms. The number of benzene rings is 4. The van der Waals surface area contributed by atoms with Crippen LogP contribution in [0.5, 0.6) is 0 Å². The zero-order chi connectivity index (χ0) is 26.3. The van der Waals surface area contributed by atoms with Crippen LogP contribution >= 0.6 is 46.7 Å². The van der Waals surface area contributed by atoms with E-state index in [0.29, 0.717) is 15.1 Å². The van der Waals surface area contributed by atoms with Crippen LogP contribution in [0.2, 0.25) is 10.0 Å². The summed E-state index contributed by atoms with van der Waals surface area (Å²) in [5.74, 6) is -0.427. The Bertz CT molecular complexity index is 1480. The number of carbonyl (C=O) groups excluding carboxylic acids is 1. The third-order valence-corrected chi connectivity index (χ3v) is 10.4. The first-order valence-corrected chi connectivity index (χ1v) is 14.5. The van der Waals surface area contributed by atoms with Gasteiger partial charge in [0.05, 0.1) is 17.0 Å². The van der Waals surface area contributed by atoms with Gasteiger partial charge in [0.25, 0.3) is 0 Å². The van der Waals surface area contributed by atoms with Crippen molar-refractivity contribution in [3.8, 4) is 0 Å². The summed E-state index contributed by atoms with van der Waals surface area (Å²) < 4.78 is 3.98. The van der Waals surface area contributed by atoms with Crippen molar-refractivity contribution in [2.75, 3.05) is 11.6 Å². The lowest BCUT2D eigenvalue weighted by Crippen LogP contribution is -2.34. The molecule has 6 rings (SSSR count). The maximum atomic E-state index is 13.0. The summed E-state index contributed by atoms with van der Waals surface area (Å²) in [5.41, 5.74) is 5.19. The van der Waals surface area contributed by atoms with E-state index in [1.165, 1.54) is 11.8 Å². The summed E-state index contributed by atoms with van der Waals surface area (Å²) in [5, 5.41) is 8.48. The van der Waals surface area contributed by atoms with Gasteiger partial charge in [-0.2, -0.15) is 5.10 Å². The molecule has 0 unspecified atom stereocenters. The number of hydrogen-bond acceptors (Lipinski definition) is 6. The number of anilines is 1. The standard InChI is InChI=1S/C30H22Cl2N2O2S2/c1-2-36-28(35)27-33-34(24-8-4-3-5-9-24)30(37-27)26-11-7-6-10-25(26)29(38-30,20-12-16-22(31)17-13-20)21-14-18-23(32)19-15-21/h3-19H,2H2,1H3/t30-/m1/s1. The van der Waals surface area contributed by atoms with E-state index in [0.717, 1.165) is 27.9 Å². The first kappa shape index (κ1) is 25.4. The van der Waals surface area contributed by atoms with E-state index in [1.807, 2.05) is 65.7 Å². The van der Waals surface area contributed by atoms with Gasteiger partial charge in [-0.1, -0.05) is 113 Å². The van der Waals surface area contributed by atoms with Crippen LogP contribution < -0.4 is 5.01 Å². The highest BCUT2D eigenvalue weighted by molar-refractivity contribution is 8.27. The Labute approximate surface area is 240 Å². The first-order valence-electron chi connectivity index (χ1n) is 12.1. The number of thioether (sulfide) groups is 2. The Balaban J connectivity index is 1.62. The molecule has 190 valence electrons. The van der Waals surface area contributed by atoms with Gasteiger partial charge in [-0.05, 0) is 60.0 Å². The Morgan fingerprint density at radius 1 is 0.816 bits per heavy atom. The Morgan fingerprint density at radius 2 is 1.37 bits per heavy atom. The van der Waals surface area contributed by atoms with Gasteiger partial charge in [-0.3, -0.25) is 0 Å². The molecule has 2 aliphatic heterocycles. The Morgan fingerprint density at radius 3 is 1.95 bits per heavy atom. The summed E-state index contributed by atoms with van der Waals surface area (Å²) in [4.78, 5) is 13.0. The van der Waals surface area contributed by atoms with E-state index in [-0.39, 0.29) is 6.61 Å². The predicted molar refractivity (Wildman–Crippen MR) is 159 cm³/mol. The molecule has 1 atom stereocenters. The molecule has 0 aromatic heterocycles. The second-order valence-electron chi connectivity index (χ2n) is 8.80. The largest absolute Gasteiger partial charge is 0.461 e. The van der Waals surface area contributed by atoms with Crippen molar-refractivity contribution in [1.29, 1.82) is 0 Å². The topological polar surface area (TPSA) is 41.9 Å². The molecule has 0 saturated carbocycles. The third kappa shape index (κ3) is 4.02. The van der Waals surface area contributed by atoms with Gasteiger partial charge in [0.15, 0.2) is 4.20 Å². The number of hydrazone groups is 1. The average molecular weight is 578 g/mol. The highest BCUT2D eigenvalue weighted by atomic mass is 35.5.